The van der Waals surface area contributed by atoms with Gasteiger partial charge in [-0.25, -0.2) is 0 Å². The van der Waals surface area contributed by atoms with Crippen molar-refractivity contribution in [1.29, 1.82) is 0 Å². The molecule has 0 radical (unpaired) electrons. The summed E-state index contributed by atoms with van der Waals surface area (Å²) in [5, 5.41) is 6.28. The predicted octanol–water partition coefficient (Wildman–Crippen LogP) is 2.80. The van der Waals surface area contributed by atoms with Gasteiger partial charge in [0.1, 0.15) is 0 Å². The molecule has 19 heavy (non-hydrogen) atoms. The second kappa shape index (κ2) is 6.06. The predicted molar refractivity (Wildman–Crippen MR) is 80.9 cm³/mol. The van der Waals surface area contributed by atoms with E-state index in [1.54, 1.807) is 0 Å². The average Bonchev–Trinajstić information content (AvgIpc) is 3.13. The number of amides is 1. The lowest BCUT2D eigenvalue weighted by molar-refractivity contribution is -0.121. The fraction of sp³-hybridized carbons (Fsp3) is 0.533. The van der Waals surface area contributed by atoms with Gasteiger partial charge >= 0.3 is 0 Å². The quantitative estimate of drug-likeness (QED) is 0.844. The Balaban J connectivity index is 1.84. The molecule has 2 rings (SSSR count). The van der Waals surface area contributed by atoms with E-state index in [2.05, 4.69) is 26.6 Å². The molecule has 1 saturated carbocycles. The normalized spacial score (nSPS) is 15.3. The minimum Gasteiger partial charge on any atom is -0.346 e. The Labute approximate surface area is 123 Å². The van der Waals surface area contributed by atoms with Gasteiger partial charge in [0.15, 0.2) is 0 Å². The first-order chi connectivity index (χ1) is 8.97. The Morgan fingerprint density at radius 1 is 1.32 bits per heavy atom. The fourth-order valence-electron chi connectivity index (χ4n) is 2.04. The summed E-state index contributed by atoms with van der Waals surface area (Å²) in [6.45, 7) is 5.41. The van der Waals surface area contributed by atoms with E-state index in [-0.39, 0.29) is 11.4 Å². The van der Waals surface area contributed by atoms with Crippen LogP contribution >= 0.6 is 15.9 Å². The first kappa shape index (κ1) is 14.5. The van der Waals surface area contributed by atoms with Crippen molar-refractivity contribution in [3.63, 3.8) is 0 Å². The molecule has 0 spiro atoms. The van der Waals surface area contributed by atoms with Crippen LogP contribution in [-0.4, -0.2) is 19.0 Å². The Morgan fingerprint density at radius 2 is 1.95 bits per heavy atom. The third-order valence-corrected chi connectivity index (χ3v) is 3.96. The minimum absolute atomic E-state index is 0.0496. The molecule has 1 aliphatic rings. The van der Waals surface area contributed by atoms with E-state index in [4.69, 9.17) is 0 Å². The van der Waals surface area contributed by atoms with Crippen molar-refractivity contribution in [2.75, 3.05) is 13.1 Å². The van der Waals surface area contributed by atoms with Crippen molar-refractivity contribution < 1.29 is 4.79 Å². The molecule has 0 atom stereocenters. The lowest BCUT2D eigenvalue weighted by Gasteiger charge is -2.27. The van der Waals surface area contributed by atoms with Crippen LogP contribution < -0.4 is 10.6 Å². The molecule has 3 nitrogen and oxygen atoms in total. The van der Waals surface area contributed by atoms with E-state index in [0.29, 0.717) is 6.54 Å². The minimum atomic E-state index is -0.348. The van der Waals surface area contributed by atoms with Crippen molar-refractivity contribution in [1.82, 2.24) is 10.6 Å². The Kier molecular flexibility index (Phi) is 4.63. The molecular weight excluding hydrogens is 304 g/mol. The summed E-state index contributed by atoms with van der Waals surface area (Å²) >= 11 is 3.42. The lowest BCUT2D eigenvalue weighted by atomic mass is 9.94. The number of hydrogen-bond acceptors (Lipinski definition) is 2. The van der Waals surface area contributed by atoms with Crippen molar-refractivity contribution in [2.24, 2.45) is 5.92 Å². The van der Waals surface area contributed by atoms with Gasteiger partial charge < -0.3 is 10.6 Å². The summed E-state index contributed by atoms with van der Waals surface area (Å²) in [5.74, 6) is 0.848. The van der Waals surface area contributed by atoms with Gasteiger partial charge in [0, 0.05) is 4.47 Å². The van der Waals surface area contributed by atoms with E-state index in [0.717, 1.165) is 22.5 Å². The van der Waals surface area contributed by atoms with Crippen LogP contribution in [0.15, 0.2) is 28.7 Å². The summed E-state index contributed by atoms with van der Waals surface area (Å²) in [4.78, 5) is 11.9. The van der Waals surface area contributed by atoms with Crippen molar-refractivity contribution >= 4 is 21.8 Å². The molecule has 4 heteroatoms. The SMILES string of the molecule is CC(C)(NC(=O)CNCC1CC1)c1ccc(Br)cc1. The average molecular weight is 325 g/mol. The molecule has 0 saturated heterocycles. The topological polar surface area (TPSA) is 41.1 Å². The number of hydrogen-bond donors (Lipinski definition) is 2. The fourth-order valence-corrected chi connectivity index (χ4v) is 2.31. The van der Waals surface area contributed by atoms with Crippen molar-refractivity contribution in [2.45, 2.75) is 32.2 Å². The summed E-state index contributed by atoms with van der Waals surface area (Å²) < 4.78 is 1.05. The van der Waals surface area contributed by atoms with Gasteiger partial charge in [0.25, 0.3) is 0 Å². The number of carbonyl (C=O) groups is 1. The molecule has 0 unspecified atom stereocenters. The van der Waals surface area contributed by atoms with Crippen molar-refractivity contribution in [3.8, 4) is 0 Å². The lowest BCUT2D eigenvalue weighted by Crippen LogP contribution is -2.45. The largest absolute Gasteiger partial charge is 0.346 e. The number of rotatable bonds is 6. The highest BCUT2D eigenvalue weighted by atomic mass is 79.9. The first-order valence-corrected chi connectivity index (χ1v) is 7.54. The van der Waals surface area contributed by atoms with Crippen LogP contribution in [0.1, 0.15) is 32.3 Å². The first-order valence-electron chi connectivity index (χ1n) is 6.75. The summed E-state index contributed by atoms with van der Waals surface area (Å²) in [6, 6.07) is 8.05. The van der Waals surface area contributed by atoms with E-state index in [9.17, 15) is 4.79 Å². The molecule has 1 aromatic carbocycles. The molecule has 0 aliphatic heterocycles. The molecule has 0 aromatic heterocycles. The molecule has 1 fully saturated rings. The van der Waals surface area contributed by atoms with E-state index in [1.165, 1.54) is 12.8 Å². The Morgan fingerprint density at radius 3 is 2.53 bits per heavy atom. The monoisotopic (exact) mass is 324 g/mol. The molecular formula is C15H21BrN2O. The molecule has 1 amide bonds. The smallest absolute Gasteiger partial charge is 0.234 e. The second-order valence-corrected chi connectivity index (χ2v) is 6.67. The molecule has 2 N–H and O–H groups in total. The van der Waals surface area contributed by atoms with Crippen LogP contribution in [0.5, 0.6) is 0 Å². The number of halogens is 1. The van der Waals surface area contributed by atoms with Gasteiger partial charge in [-0.1, -0.05) is 28.1 Å². The zero-order valence-corrected chi connectivity index (χ0v) is 13.1. The number of nitrogens with one attached hydrogen (secondary N) is 2. The maximum absolute atomic E-state index is 11.9. The molecule has 1 aliphatic carbocycles. The van der Waals surface area contributed by atoms with Crippen LogP contribution in [0.25, 0.3) is 0 Å². The van der Waals surface area contributed by atoms with E-state index < -0.39 is 0 Å². The number of carbonyl (C=O) groups excluding carboxylic acids is 1. The standard InChI is InChI=1S/C15H21BrN2O/c1-15(2,12-5-7-13(16)8-6-12)18-14(19)10-17-9-11-3-4-11/h5-8,11,17H,3-4,9-10H2,1-2H3,(H,18,19). The van der Waals surface area contributed by atoms with Gasteiger partial charge in [-0.05, 0) is 56.8 Å². The van der Waals surface area contributed by atoms with Crippen LogP contribution in [0.4, 0.5) is 0 Å². The highest BCUT2D eigenvalue weighted by Gasteiger charge is 2.24. The Bertz CT molecular complexity index is 438. The van der Waals surface area contributed by atoms with E-state index in [1.807, 2.05) is 38.1 Å². The highest BCUT2D eigenvalue weighted by molar-refractivity contribution is 9.10. The highest BCUT2D eigenvalue weighted by Crippen LogP contribution is 2.27. The Hall–Kier alpha value is -0.870. The van der Waals surface area contributed by atoms with Crippen LogP contribution in [0.2, 0.25) is 0 Å². The molecule has 0 heterocycles. The molecule has 104 valence electrons. The third-order valence-electron chi connectivity index (χ3n) is 3.43. The zero-order chi connectivity index (χ0) is 13.9. The summed E-state index contributed by atoms with van der Waals surface area (Å²) in [6.07, 6.45) is 2.61. The maximum Gasteiger partial charge on any atom is 0.234 e. The summed E-state index contributed by atoms with van der Waals surface area (Å²) in [7, 11) is 0. The van der Waals surface area contributed by atoms with Crippen LogP contribution in [0, 0.1) is 5.92 Å². The molecule has 0 bridgehead atoms. The zero-order valence-electron chi connectivity index (χ0n) is 11.5. The van der Waals surface area contributed by atoms with Crippen LogP contribution in [-0.2, 0) is 10.3 Å². The van der Waals surface area contributed by atoms with Gasteiger partial charge in [-0.3, -0.25) is 4.79 Å². The number of benzene rings is 1. The van der Waals surface area contributed by atoms with Gasteiger partial charge in [-0.15, -0.1) is 0 Å². The second-order valence-electron chi connectivity index (χ2n) is 5.75. The van der Waals surface area contributed by atoms with Gasteiger partial charge in [0.05, 0.1) is 12.1 Å². The van der Waals surface area contributed by atoms with Crippen molar-refractivity contribution in [3.05, 3.63) is 34.3 Å². The maximum atomic E-state index is 11.9. The van der Waals surface area contributed by atoms with Gasteiger partial charge in [-0.2, -0.15) is 0 Å². The summed E-state index contributed by atoms with van der Waals surface area (Å²) in [5.41, 5.74) is 0.755. The molecule has 1 aromatic rings. The van der Waals surface area contributed by atoms with E-state index >= 15 is 0 Å². The van der Waals surface area contributed by atoms with Crippen LogP contribution in [0.3, 0.4) is 0 Å². The third kappa shape index (κ3) is 4.62. The van der Waals surface area contributed by atoms with Gasteiger partial charge in [0.2, 0.25) is 5.91 Å².